The molecule has 2 aliphatic heterocycles. The molecule has 0 saturated carbocycles. The Kier molecular flexibility index (Phi) is 12.1. The third-order valence-corrected chi connectivity index (χ3v) is 6.82. The van der Waals surface area contributed by atoms with Crippen LogP contribution in [-0.2, 0) is 6.18 Å². The Labute approximate surface area is 215 Å². The summed E-state index contributed by atoms with van der Waals surface area (Å²) in [5.41, 5.74) is 1.01. The van der Waals surface area contributed by atoms with Crippen LogP contribution in [0.4, 0.5) is 24.5 Å². The predicted octanol–water partition coefficient (Wildman–Crippen LogP) is 5.57. The van der Waals surface area contributed by atoms with Gasteiger partial charge in [-0.05, 0) is 43.3 Å². The molecule has 1 saturated heterocycles. The minimum absolute atomic E-state index is 0. The fourth-order valence-electron chi connectivity index (χ4n) is 4.08. The van der Waals surface area contributed by atoms with Gasteiger partial charge in [-0.25, -0.2) is 0 Å². The predicted molar refractivity (Wildman–Crippen MR) is 135 cm³/mol. The molecule has 1 N–H and O–H groups in total. The quantitative estimate of drug-likeness (QED) is 0.512. The van der Waals surface area contributed by atoms with Gasteiger partial charge in [0.1, 0.15) is 0 Å². The van der Waals surface area contributed by atoms with Gasteiger partial charge in [-0.3, -0.25) is 4.90 Å². The zero-order valence-corrected chi connectivity index (χ0v) is 21.2. The largest absolute Gasteiger partial charge is 0.416 e. The van der Waals surface area contributed by atoms with Crippen molar-refractivity contribution < 1.29 is 18.3 Å². The number of rotatable bonds is 6. The van der Waals surface area contributed by atoms with Gasteiger partial charge in [-0.2, -0.15) is 13.2 Å². The van der Waals surface area contributed by atoms with E-state index in [0.717, 1.165) is 54.6 Å². The van der Waals surface area contributed by atoms with Crippen LogP contribution in [0.3, 0.4) is 0 Å². The second-order valence-corrected chi connectivity index (χ2v) is 8.75. The molecule has 0 amide bonds. The van der Waals surface area contributed by atoms with Gasteiger partial charge in [0.05, 0.1) is 23.5 Å². The Morgan fingerprint density at radius 3 is 2.03 bits per heavy atom. The van der Waals surface area contributed by atoms with Crippen LogP contribution in [0.25, 0.3) is 0 Å². The number of anilines is 2. The van der Waals surface area contributed by atoms with Crippen molar-refractivity contribution in [1.29, 1.82) is 0 Å². The number of β-amino-alcohol motifs (C(OH)–C–C–N with tert-alkyl or cyclic N) is 1. The van der Waals surface area contributed by atoms with Crippen LogP contribution in [0, 0.1) is 0 Å². The van der Waals surface area contributed by atoms with Crippen LogP contribution >= 0.6 is 49.0 Å². The summed E-state index contributed by atoms with van der Waals surface area (Å²) in [5.74, 6) is 0. The Morgan fingerprint density at radius 1 is 0.788 bits per heavy atom. The Hall–Kier alpha value is -0.870. The first kappa shape index (κ1) is 30.2. The van der Waals surface area contributed by atoms with Gasteiger partial charge in [-0.1, -0.05) is 23.9 Å². The van der Waals surface area contributed by atoms with Gasteiger partial charge in [0.25, 0.3) is 0 Å². The van der Waals surface area contributed by atoms with Crippen molar-refractivity contribution in [3.05, 3.63) is 48.0 Å². The van der Waals surface area contributed by atoms with Gasteiger partial charge >= 0.3 is 6.18 Å². The fourth-order valence-corrected chi connectivity index (χ4v) is 5.15. The smallest absolute Gasteiger partial charge is 0.395 e. The molecule has 11 heteroatoms. The zero-order valence-electron chi connectivity index (χ0n) is 18.0. The number of alkyl halides is 3. The number of para-hydroxylation sites is 1. The summed E-state index contributed by atoms with van der Waals surface area (Å²) in [4.78, 5) is 8.62. The third-order valence-electron chi connectivity index (χ3n) is 5.69. The number of halogens is 6. The van der Waals surface area contributed by atoms with Gasteiger partial charge in [-0.15, -0.1) is 37.2 Å². The van der Waals surface area contributed by atoms with E-state index >= 15 is 0 Å². The third kappa shape index (κ3) is 7.31. The monoisotopic (exact) mass is 545 g/mol. The average Bonchev–Trinajstić information content (AvgIpc) is 2.73. The maximum absolute atomic E-state index is 13.3. The number of hydrogen-bond acceptors (Lipinski definition) is 5. The molecular formula is C22H29Cl3F3N3OS. The number of hydrogen-bond donors (Lipinski definition) is 1. The first-order valence-corrected chi connectivity index (χ1v) is 11.1. The second kappa shape index (κ2) is 13.3. The number of fused-ring (bicyclic) bond motifs is 2. The number of benzene rings is 2. The standard InChI is InChI=1S/C22H26F3N3OS.3ClH/c23-22(24,25)17-6-7-21-19(16-17)28(18-4-1-2-5-20(18)30-21)9-3-8-26-10-12-27(13-11-26)14-15-29;;;/h1-2,4-7,16,29H,3,8-15H2;3*1H. The normalized spacial score (nSPS) is 16.1. The van der Waals surface area contributed by atoms with Gasteiger partial charge in [0.2, 0.25) is 0 Å². The summed E-state index contributed by atoms with van der Waals surface area (Å²) in [6, 6.07) is 11.9. The topological polar surface area (TPSA) is 30.0 Å². The maximum atomic E-state index is 13.3. The van der Waals surface area contributed by atoms with E-state index in [1.54, 1.807) is 6.07 Å². The number of aliphatic hydroxyl groups excluding tert-OH is 1. The highest BCUT2D eigenvalue weighted by atomic mass is 35.5. The molecule has 0 unspecified atom stereocenters. The van der Waals surface area contributed by atoms with Crippen LogP contribution in [0.1, 0.15) is 12.0 Å². The minimum Gasteiger partial charge on any atom is -0.395 e. The lowest BCUT2D eigenvalue weighted by molar-refractivity contribution is -0.137. The highest BCUT2D eigenvalue weighted by Crippen LogP contribution is 2.49. The zero-order chi connectivity index (χ0) is 21.1. The van der Waals surface area contributed by atoms with E-state index in [1.807, 2.05) is 29.2 Å². The van der Waals surface area contributed by atoms with E-state index in [1.165, 1.54) is 23.9 Å². The van der Waals surface area contributed by atoms with Crippen molar-refractivity contribution in [2.24, 2.45) is 0 Å². The van der Waals surface area contributed by atoms with E-state index in [4.69, 9.17) is 5.11 Å². The average molecular weight is 547 g/mol. The summed E-state index contributed by atoms with van der Waals surface area (Å²) in [5, 5.41) is 9.07. The van der Waals surface area contributed by atoms with Crippen molar-refractivity contribution >= 4 is 60.4 Å². The molecule has 2 aromatic rings. The highest BCUT2D eigenvalue weighted by Gasteiger charge is 2.33. The minimum atomic E-state index is -4.35. The molecule has 0 atom stereocenters. The van der Waals surface area contributed by atoms with E-state index in [-0.39, 0.29) is 43.8 Å². The van der Waals surface area contributed by atoms with E-state index in [2.05, 4.69) is 9.80 Å². The fraction of sp³-hybridized carbons (Fsp3) is 0.455. The molecule has 4 nitrogen and oxygen atoms in total. The van der Waals surface area contributed by atoms with Gasteiger partial charge < -0.3 is 14.9 Å². The van der Waals surface area contributed by atoms with Crippen molar-refractivity contribution in [1.82, 2.24) is 9.80 Å². The van der Waals surface area contributed by atoms with Gasteiger partial charge in [0.15, 0.2) is 0 Å². The molecular weight excluding hydrogens is 518 g/mol. The van der Waals surface area contributed by atoms with E-state index in [9.17, 15) is 13.2 Å². The summed E-state index contributed by atoms with van der Waals surface area (Å²) < 4.78 is 39.9. The first-order chi connectivity index (χ1) is 14.5. The molecule has 4 rings (SSSR count). The lowest BCUT2D eigenvalue weighted by atomic mass is 10.1. The molecule has 2 aliphatic rings. The second-order valence-electron chi connectivity index (χ2n) is 7.66. The van der Waals surface area contributed by atoms with Crippen LogP contribution in [0.2, 0.25) is 0 Å². The molecule has 1 fully saturated rings. The lowest BCUT2D eigenvalue weighted by Gasteiger charge is -2.36. The number of aliphatic hydroxyl groups is 1. The molecule has 0 radical (unpaired) electrons. The highest BCUT2D eigenvalue weighted by molar-refractivity contribution is 7.99. The van der Waals surface area contributed by atoms with Gasteiger partial charge in [0, 0.05) is 49.1 Å². The summed E-state index contributed by atoms with van der Waals surface area (Å²) >= 11 is 1.53. The summed E-state index contributed by atoms with van der Waals surface area (Å²) in [6.07, 6.45) is -3.48. The van der Waals surface area contributed by atoms with E-state index in [0.29, 0.717) is 18.8 Å². The number of nitrogens with zero attached hydrogens (tertiary/aromatic N) is 3. The molecule has 0 bridgehead atoms. The van der Waals surface area contributed by atoms with Crippen LogP contribution in [0.5, 0.6) is 0 Å². The Bertz CT molecular complexity index is 883. The molecule has 186 valence electrons. The lowest BCUT2D eigenvalue weighted by Crippen LogP contribution is -2.47. The molecule has 0 spiro atoms. The summed E-state index contributed by atoms with van der Waals surface area (Å²) in [6.45, 7) is 6.29. The van der Waals surface area contributed by atoms with Crippen molar-refractivity contribution in [2.75, 3.05) is 57.3 Å². The number of piperazine rings is 1. The summed E-state index contributed by atoms with van der Waals surface area (Å²) in [7, 11) is 0. The molecule has 0 aromatic heterocycles. The SMILES string of the molecule is Cl.Cl.Cl.OCCN1CCN(CCCN2c3ccccc3Sc3ccc(C(F)(F)F)cc32)CC1. The molecule has 2 heterocycles. The van der Waals surface area contributed by atoms with E-state index < -0.39 is 11.7 Å². The van der Waals surface area contributed by atoms with Crippen LogP contribution in [-0.4, -0.2) is 67.3 Å². The first-order valence-electron chi connectivity index (χ1n) is 10.3. The Balaban J connectivity index is 0.00000181. The van der Waals surface area contributed by atoms with Crippen LogP contribution < -0.4 is 4.90 Å². The Morgan fingerprint density at radius 2 is 1.39 bits per heavy atom. The molecule has 33 heavy (non-hydrogen) atoms. The molecule has 0 aliphatic carbocycles. The van der Waals surface area contributed by atoms with Crippen molar-refractivity contribution in [2.45, 2.75) is 22.4 Å². The van der Waals surface area contributed by atoms with Crippen molar-refractivity contribution in [3.8, 4) is 0 Å². The van der Waals surface area contributed by atoms with Crippen molar-refractivity contribution in [3.63, 3.8) is 0 Å². The maximum Gasteiger partial charge on any atom is 0.416 e. The molecule has 2 aromatic carbocycles. The van der Waals surface area contributed by atoms with Crippen LogP contribution in [0.15, 0.2) is 52.3 Å².